The van der Waals surface area contributed by atoms with Gasteiger partial charge in [0, 0.05) is 0 Å². The number of hydrogen-bond acceptors (Lipinski definition) is 3. The number of aryl methyl sites for hydroxylation is 4. The molecule has 0 saturated carbocycles. The van der Waals surface area contributed by atoms with Crippen molar-refractivity contribution in [2.24, 2.45) is 0 Å². The van der Waals surface area contributed by atoms with Gasteiger partial charge in [-0.1, -0.05) is 18.2 Å². The quantitative estimate of drug-likeness (QED) is 0.513. The zero-order chi connectivity index (χ0) is 19.1. The maximum Gasteiger partial charge on any atom is 0.125 e. The minimum atomic E-state index is 0.278. The molecule has 3 nitrogen and oxygen atoms in total. The first-order chi connectivity index (χ1) is 12.9. The maximum atomic E-state index is 5.96. The standard InChI is InChI=1S/C24H28O3/c1-14(6-19-7-15(2)23(16(3)8-19)22-13-26-22)20-9-17(4)24(18(5)10-20)27-12-21-11-25-21/h6-10,21-22H,11-13H2,1-5H3/b14-6-. The van der Waals surface area contributed by atoms with Crippen LogP contribution >= 0.6 is 0 Å². The van der Waals surface area contributed by atoms with Gasteiger partial charge >= 0.3 is 0 Å². The molecule has 142 valence electrons. The van der Waals surface area contributed by atoms with Gasteiger partial charge in [-0.15, -0.1) is 0 Å². The molecule has 0 spiro atoms. The molecule has 0 radical (unpaired) electrons. The minimum absolute atomic E-state index is 0.278. The summed E-state index contributed by atoms with van der Waals surface area (Å²) in [5.74, 6) is 0.988. The van der Waals surface area contributed by atoms with Gasteiger partial charge in [-0.3, -0.25) is 0 Å². The van der Waals surface area contributed by atoms with Crippen molar-refractivity contribution in [2.75, 3.05) is 19.8 Å². The van der Waals surface area contributed by atoms with Crippen molar-refractivity contribution >= 4 is 11.6 Å². The van der Waals surface area contributed by atoms with Crippen LogP contribution in [0.15, 0.2) is 24.3 Å². The van der Waals surface area contributed by atoms with E-state index in [0.717, 1.165) is 19.0 Å². The number of rotatable bonds is 6. The molecule has 0 aromatic heterocycles. The largest absolute Gasteiger partial charge is 0.490 e. The molecular formula is C24H28O3. The fourth-order valence-electron chi connectivity index (χ4n) is 3.89. The molecule has 0 aliphatic carbocycles. The first kappa shape index (κ1) is 18.3. The number of hydrogen-bond donors (Lipinski definition) is 0. The smallest absolute Gasteiger partial charge is 0.125 e. The van der Waals surface area contributed by atoms with Gasteiger partial charge in [0.05, 0.1) is 13.2 Å². The van der Waals surface area contributed by atoms with Crippen molar-refractivity contribution in [3.8, 4) is 5.75 Å². The van der Waals surface area contributed by atoms with Gasteiger partial charge in [0.1, 0.15) is 24.6 Å². The number of ether oxygens (including phenoxy) is 3. The second-order valence-electron chi connectivity index (χ2n) is 7.92. The molecule has 3 heteroatoms. The summed E-state index contributed by atoms with van der Waals surface area (Å²) in [5.41, 5.74) is 10.1. The number of epoxide rings is 2. The van der Waals surface area contributed by atoms with E-state index in [1.165, 1.54) is 44.5 Å². The second-order valence-corrected chi connectivity index (χ2v) is 7.92. The van der Waals surface area contributed by atoms with Crippen LogP contribution < -0.4 is 4.74 Å². The molecule has 2 heterocycles. The van der Waals surface area contributed by atoms with Crippen LogP contribution in [0.3, 0.4) is 0 Å². The van der Waals surface area contributed by atoms with Crippen molar-refractivity contribution in [1.29, 1.82) is 0 Å². The zero-order valence-electron chi connectivity index (χ0n) is 16.9. The highest BCUT2D eigenvalue weighted by Crippen LogP contribution is 2.36. The Morgan fingerprint density at radius 2 is 1.56 bits per heavy atom. The van der Waals surface area contributed by atoms with Gasteiger partial charge in [-0.05, 0) is 91.3 Å². The van der Waals surface area contributed by atoms with E-state index in [9.17, 15) is 0 Å². The molecule has 4 rings (SSSR count). The van der Waals surface area contributed by atoms with Crippen LogP contribution in [0.5, 0.6) is 5.75 Å². The van der Waals surface area contributed by atoms with Crippen LogP contribution in [0.25, 0.3) is 11.6 Å². The average Bonchev–Trinajstić information content (AvgIpc) is 3.48. The van der Waals surface area contributed by atoms with Gasteiger partial charge in [0.25, 0.3) is 0 Å². The SMILES string of the molecule is C/C(=C/c1cc(C)c(C2CO2)c(C)c1)c1cc(C)c(OCC2CO2)c(C)c1. The fourth-order valence-corrected chi connectivity index (χ4v) is 3.89. The zero-order valence-corrected chi connectivity index (χ0v) is 16.9. The summed E-state index contributed by atoms with van der Waals surface area (Å²) in [7, 11) is 0. The lowest BCUT2D eigenvalue weighted by Crippen LogP contribution is -2.06. The Labute approximate surface area is 162 Å². The lowest BCUT2D eigenvalue weighted by atomic mass is 9.94. The van der Waals surface area contributed by atoms with Crippen LogP contribution in [0.1, 0.15) is 52.0 Å². The molecular weight excluding hydrogens is 336 g/mol. The number of benzene rings is 2. The van der Waals surface area contributed by atoms with Crippen molar-refractivity contribution in [2.45, 2.75) is 46.8 Å². The third kappa shape index (κ3) is 4.10. The highest BCUT2D eigenvalue weighted by Gasteiger charge is 2.28. The van der Waals surface area contributed by atoms with Crippen molar-refractivity contribution in [3.63, 3.8) is 0 Å². The van der Waals surface area contributed by atoms with E-state index in [0.29, 0.717) is 12.7 Å². The van der Waals surface area contributed by atoms with Crippen LogP contribution in [-0.4, -0.2) is 25.9 Å². The first-order valence-electron chi connectivity index (χ1n) is 9.69. The van der Waals surface area contributed by atoms with E-state index >= 15 is 0 Å². The Balaban J connectivity index is 1.59. The Morgan fingerprint density at radius 3 is 2.07 bits per heavy atom. The molecule has 2 atom stereocenters. The van der Waals surface area contributed by atoms with E-state index in [4.69, 9.17) is 14.2 Å². The Bertz CT molecular complexity index is 856. The molecule has 0 amide bonds. The average molecular weight is 364 g/mol. The second kappa shape index (κ2) is 7.14. The maximum absolute atomic E-state index is 5.96. The summed E-state index contributed by atoms with van der Waals surface area (Å²) in [5, 5.41) is 0. The molecule has 2 unspecified atom stereocenters. The van der Waals surface area contributed by atoms with Gasteiger partial charge in [0.15, 0.2) is 0 Å². The van der Waals surface area contributed by atoms with Crippen LogP contribution in [0.2, 0.25) is 0 Å². The molecule has 2 saturated heterocycles. The predicted molar refractivity (Wildman–Crippen MR) is 109 cm³/mol. The Hall–Kier alpha value is -2.10. The molecule has 2 aromatic carbocycles. The normalized spacial score (nSPS) is 21.3. The number of allylic oxidation sites excluding steroid dienone is 1. The van der Waals surface area contributed by atoms with E-state index in [1.807, 2.05) is 0 Å². The van der Waals surface area contributed by atoms with Gasteiger partial charge < -0.3 is 14.2 Å². The van der Waals surface area contributed by atoms with Gasteiger partial charge in [-0.2, -0.15) is 0 Å². The molecule has 0 N–H and O–H groups in total. The summed E-state index contributed by atoms with van der Waals surface area (Å²) in [6, 6.07) is 8.96. The van der Waals surface area contributed by atoms with E-state index < -0.39 is 0 Å². The van der Waals surface area contributed by atoms with Crippen molar-refractivity contribution < 1.29 is 14.2 Å². The Kier molecular flexibility index (Phi) is 4.83. The minimum Gasteiger partial charge on any atom is -0.490 e. The monoisotopic (exact) mass is 364 g/mol. The van der Waals surface area contributed by atoms with E-state index in [2.05, 4.69) is 65.0 Å². The van der Waals surface area contributed by atoms with Crippen molar-refractivity contribution in [3.05, 3.63) is 63.2 Å². The molecule has 2 aliphatic rings. The third-order valence-electron chi connectivity index (χ3n) is 5.39. The van der Waals surface area contributed by atoms with E-state index in [1.54, 1.807) is 0 Å². The van der Waals surface area contributed by atoms with E-state index in [-0.39, 0.29) is 6.10 Å². The summed E-state index contributed by atoms with van der Waals surface area (Å²) in [4.78, 5) is 0. The van der Waals surface area contributed by atoms with Crippen LogP contribution in [0, 0.1) is 27.7 Å². The fraction of sp³-hybridized carbons (Fsp3) is 0.417. The highest BCUT2D eigenvalue weighted by molar-refractivity contribution is 5.81. The highest BCUT2D eigenvalue weighted by atomic mass is 16.6. The summed E-state index contributed by atoms with van der Waals surface area (Å²) in [6.07, 6.45) is 2.85. The lowest BCUT2D eigenvalue weighted by molar-refractivity contribution is 0.260. The van der Waals surface area contributed by atoms with Gasteiger partial charge in [-0.25, -0.2) is 0 Å². The third-order valence-corrected chi connectivity index (χ3v) is 5.39. The van der Waals surface area contributed by atoms with Crippen molar-refractivity contribution in [1.82, 2.24) is 0 Å². The summed E-state index contributed by atoms with van der Waals surface area (Å²) >= 11 is 0. The first-order valence-corrected chi connectivity index (χ1v) is 9.69. The molecule has 2 aliphatic heterocycles. The van der Waals surface area contributed by atoms with Crippen LogP contribution in [-0.2, 0) is 9.47 Å². The van der Waals surface area contributed by atoms with Crippen LogP contribution in [0.4, 0.5) is 0 Å². The Morgan fingerprint density at radius 1 is 0.963 bits per heavy atom. The summed E-state index contributed by atoms with van der Waals surface area (Å²) in [6.45, 7) is 13.1. The molecule has 2 aromatic rings. The molecule has 0 bridgehead atoms. The topological polar surface area (TPSA) is 34.3 Å². The predicted octanol–water partition coefficient (Wildman–Crippen LogP) is 5.33. The molecule has 2 fully saturated rings. The molecule has 27 heavy (non-hydrogen) atoms. The summed E-state index contributed by atoms with van der Waals surface area (Å²) < 4.78 is 16.7. The lowest BCUT2D eigenvalue weighted by Gasteiger charge is -2.14. The van der Waals surface area contributed by atoms with Gasteiger partial charge in [0.2, 0.25) is 0 Å².